The highest BCUT2D eigenvalue weighted by Crippen LogP contribution is 2.24. The van der Waals surface area contributed by atoms with E-state index in [2.05, 4.69) is 5.32 Å². The van der Waals surface area contributed by atoms with Gasteiger partial charge in [-0.15, -0.1) is 0 Å². The van der Waals surface area contributed by atoms with Crippen molar-refractivity contribution in [3.8, 4) is 0 Å². The normalized spacial score (nSPS) is 25.5. The van der Waals surface area contributed by atoms with E-state index in [0.29, 0.717) is 25.6 Å². The largest absolute Gasteiger partial charge is 0.393 e. The number of hydrogen-bond donors (Lipinski definition) is 3. The minimum Gasteiger partial charge on any atom is -0.393 e. The average molecular weight is 216 g/mol. The van der Waals surface area contributed by atoms with Gasteiger partial charge in [0.25, 0.3) is 0 Å². The van der Waals surface area contributed by atoms with Crippen molar-refractivity contribution in [2.24, 2.45) is 11.7 Å². The van der Waals surface area contributed by atoms with Crippen LogP contribution in [0.25, 0.3) is 0 Å². The lowest BCUT2D eigenvalue weighted by Crippen LogP contribution is -2.32. The van der Waals surface area contributed by atoms with Crippen LogP contribution >= 0.6 is 0 Å². The third kappa shape index (κ3) is 5.11. The van der Waals surface area contributed by atoms with Crippen LogP contribution in [0.2, 0.25) is 0 Å². The Hall–Kier alpha value is -0.650. The number of carbonyl (C=O) groups is 1. The van der Waals surface area contributed by atoms with Gasteiger partial charge in [0.1, 0.15) is 6.61 Å². The molecule has 0 aromatic heterocycles. The maximum atomic E-state index is 11.2. The number of nitrogens with two attached hydrogens (primary N) is 1. The molecule has 1 saturated carbocycles. The van der Waals surface area contributed by atoms with Crippen LogP contribution in [0.5, 0.6) is 0 Å². The van der Waals surface area contributed by atoms with Gasteiger partial charge < -0.3 is 20.9 Å². The van der Waals surface area contributed by atoms with Crippen molar-refractivity contribution >= 4 is 5.91 Å². The van der Waals surface area contributed by atoms with Gasteiger partial charge in [0.15, 0.2) is 0 Å². The molecule has 2 unspecified atom stereocenters. The predicted molar refractivity (Wildman–Crippen MR) is 56.2 cm³/mol. The molecule has 0 spiro atoms. The molecule has 1 aliphatic carbocycles. The summed E-state index contributed by atoms with van der Waals surface area (Å²) in [6.45, 7) is 1.56. The molecule has 0 aromatic carbocycles. The fraction of sp³-hybridized carbons (Fsp3) is 0.900. The number of nitrogens with one attached hydrogen (secondary N) is 1. The lowest BCUT2D eigenvalue weighted by molar-refractivity contribution is -0.125. The van der Waals surface area contributed by atoms with E-state index in [-0.39, 0.29) is 18.6 Å². The van der Waals surface area contributed by atoms with Gasteiger partial charge in [0, 0.05) is 13.1 Å². The first kappa shape index (κ1) is 12.4. The monoisotopic (exact) mass is 216 g/mol. The van der Waals surface area contributed by atoms with Crippen molar-refractivity contribution in [1.82, 2.24) is 5.32 Å². The number of carbonyl (C=O) groups excluding carboxylic acids is 1. The van der Waals surface area contributed by atoms with Gasteiger partial charge in [-0.2, -0.15) is 0 Å². The van der Waals surface area contributed by atoms with Gasteiger partial charge in [0.05, 0.1) is 12.7 Å². The second kappa shape index (κ2) is 6.76. The SMILES string of the molecule is NCCOCC(=O)NCC1CCC(O)C1. The van der Waals surface area contributed by atoms with E-state index in [1.54, 1.807) is 0 Å². The highest BCUT2D eigenvalue weighted by molar-refractivity contribution is 5.77. The van der Waals surface area contributed by atoms with Crippen LogP contribution < -0.4 is 11.1 Å². The minimum atomic E-state index is -0.180. The average Bonchev–Trinajstić information content (AvgIpc) is 2.62. The summed E-state index contributed by atoms with van der Waals surface area (Å²) in [4.78, 5) is 11.2. The summed E-state index contributed by atoms with van der Waals surface area (Å²) in [6, 6.07) is 0. The van der Waals surface area contributed by atoms with Crippen molar-refractivity contribution in [3.05, 3.63) is 0 Å². The molecule has 4 N–H and O–H groups in total. The molecule has 15 heavy (non-hydrogen) atoms. The van der Waals surface area contributed by atoms with Crippen LogP contribution in [0.3, 0.4) is 0 Å². The summed E-state index contributed by atoms with van der Waals surface area (Å²) < 4.78 is 4.99. The Balaban J connectivity index is 2.01. The molecule has 5 heteroatoms. The minimum absolute atomic E-state index is 0.0759. The third-order valence-corrected chi connectivity index (χ3v) is 2.60. The first-order valence-electron chi connectivity index (χ1n) is 5.45. The Bertz CT molecular complexity index is 199. The Morgan fingerprint density at radius 1 is 1.53 bits per heavy atom. The molecule has 0 radical (unpaired) electrons. The fourth-order valence-electron chi connectivity index (χ4n) is 1.79. The van der Waals surface area contributed by atoms with Crippen molar-refractivity contribution in [2.75, 3.05) is 26.3 Å². The van der Waals surface area contributed by atoms with Crippen molar-refractivity contribution in [3.63, 3.8) is 0 Å². The summed E-state index contributed by atoms with van der Waals surface area (Å²) in [7, 11) is 0. The van der Waals surface area contributed by atoms with E-state index < -0.39 is 0 Å². The topological polar surface area (TPSA) is 84.6 Å². The van der Waals surface area contributed by atoms with Crippen molar-refractivity contribution in [2.45, 2.75) is 25.4 Å². The molecule has 0 heterocycles. The summed E-state index contributed by atoms with van der Waals surface area (Å²) in [5, 5.41) is 12.1. The van der Waals surface area contributed by atoms with Gasteiger partial charge in [-0.25, -0.2) is 0 Å². The molecule has 2 atom stereocenters. The summed E-state index contributed by atoms with van der Waals surface area (Å²) in [6.07, 6.45) is 2.46. The maximum absolute atomic E-state index is 11.2. The van der Waals surface area contributed by atoms with Crippen LogP contribution in [0.1, 0.15) is 19.3 Å². The fourth-order valence-corrected chi connectivity index (χ4v) is 1.79. The van der Waals surface area contributed by atoms with Gasteiger partial charge in [-0.1, -0.05) is 0 Å². The molecule has 1 fully saturated rings. The Morgan fingerprint density at radius 2 is 2.33 bits per heavy atom. The molecular formula is C10H20N2O3. The van der Waals surface area contributed by atoms with Crippen LogP contribution in [0.4, 0.5) is 0 Å². The zero-order chi connectivity index (χ0) is 11.1. The highest BCUT2D eigenvalue weighted by Gasteiger charge is 2.22. The van der Waals surface area contributed by atoms with Gasteiger partial charge in [0.2, 0.25) is 5.91 Å². The lowest BCUT2D eigenvalue weighted by Gasteiger charge is -2.10. The molecule has 0 aliphatic heterocycles. The van der Waals surface area contributed by atoms with Gasteiger partial charge in [-0.05, 0) is 25.2 Å². The van der Waals surface area contributed by atoms with E-state index in [0.717, 1.165) is 19.3 Å². The number of hydrogen-bond acceptors (Lipinski definition) is 4. The smallest absolute Gasteiger partial charge is 0.246 e. The van der Waals surface area contributed by atoms with Crippen LogP contribution in [0.15, 0.2) is 0 Å². The zero-order valence-corrected chi connectivity index (χ0v) is 8.95. The Labute approximate surface area is 90.0 Å². The van der Waals surface area contributed by atoms with Crippen molar-refractivity contribution in [1.29, 1.82) is 0 Å². The Morgan fingerprint density at radius 3 is 2.93 bits per heavy atom. The number of aliphatic hydroxyl groups excluding tert-OH is 1. The van der Waals surface area contributed by atoms with E-state index in [9.17, 15) is 9.90 Å². The zero-order valence-electron chi connectivity index (χ0n) is 8.95. The second-order valence-electron chi connectivity index (χ2n) is 3.98. The molecule has 1 rings (SSSR count). The van der Waals surface area contributed by atoms with Gasteiger partial charge >= 0.3 is 0 Å². The molecule has 88 valence electrons. The summed E-state index contributed by atoms with van der Waals surface area (Å²) in [5.74, 6) is 0.309. The molecule has 5 nitrogen and oxygen atoms in total. The molecule has 1 amide bonds. The molecular weight excluding hydrogens is 196 g/mol. The van der Waals surface area contributed by atoms with Gasteiger partial charge in [-0.3, -0.25) is 4.79 Å². The van der Waals surface area contributed by atoms with E-state index in [4.69, 9.17) is 10.5 Å². The number of rotatable bonds is 6. The third-order valence-electron chi connectivity index (χ3n) is 2.60. The van der Waals surface area contributed by atoms with E-state index in [1.807, 2.05) is 0 Å². The summed E-state index contributed by atoms with van der Waals surface area (Å²) in [5.41, 5.74) is 5.22. The predicted octanol–water partition coefficient (Wildman–Crippen LogP) is -0.761. The van der Waals surface area contributed by atoms with Crippen LogP contribution in [-0.2, 0) is 9.53 Å². The number of amides is 1. The van der Waals surface area contributed by atoms with E-state index in [1.165, 1.54) is 0 Å². The van der Waals surface area contributed by atoms with Crippen LogP contribution in [0, 0.1) is 5.92 Å². The molecule has 0 bridgehead atoms. The summed E-state index contributed by atoms with van der Waals surface area (Å²) >= 11 is 0. The lowest BCUT2D eigenvalue weighted by atomic mass is 10.1. The second-order valence-corrected chi connectivity index (χ2v) is 3.98. The first-order valence-corrected chi connectivity index (χ1v) is 5.45. The quantitative estimate of drug-likeness (QED) is 0.509. The van der Waals surface area contributed by atoms with Crippen molar-refractivity contribution < 1.29 is 14.6 Å². The first-order chi connectivity index (χ1) is 7.22. The molecule has 0 saturated heterocycles. The van der Waals surface area contributed by atoms with Crippen LogP contribution in [-0.4, -0.2) is 43.4 Å². The molecule has 1 aliphatic rings. The Kier molecular flexibility index (Phi) is 5.60. The molecule has 0 aromatic rings. The number of aliphatic hydroxyl groups is 1. The highest BCUT2D eigenvalue weighted by atomic mass is 16.5. The van der Waals surface area contributed by atoms with E-state index >= 15 is 0 Å². The maximum Gasteiger partial charge on any atom is 0.246 e. The standard InChI is InChI=1S/C10H20N2O3/c11-3-4-15-7-10(14)12-6-8-1-2-9(13)5-8/h8-9,13H,1-7,11H2,(H,12,14). The number of ether oxygens (including phenoxy) is 1.